The zero-order chi connectivity index (χ0) is 15.5. The molecule has 0 unspecified atom stereocenters. The van der Waals surface area contributed by atoms with Crippen LogP contribution in [0.2, 0.25) is 0 Å². The van der Waals surface area contributed by atoms with E-state index in [1.807, 2.05) is 0 Å². The van der Waals surface area contributed by atoms with Gasteiger partial charge in [0.05, 0.1) is 26.0 Å². The van der Waals surface area contributed by atoms with E-state index in [2.05, 4.69) is 9.89 Å². The van der Waals surface area contributed by atoms with Crippen LogP contribution < -0.4 is 9.47 Å². The maximum Gasteiger partial charge on any atom is 0.387 e. The molecule has 1 heterocycles. The van der Waals surface area contributed by atoms with Crippen molar-refractivity contribution in [1.82, 2.24) is 0 Å². The molecule has 0 radical (unpaired) electrons. The van der Waals surface area contributed by atoms with Crippen molar-refractivity contribution >= 4 is 5.71 Å². The number of oxime groups is 1. The van der Waals surface area contributed by atoms with Gasteiger partial charge in [0.25, 0.3) is 0 Å². The molecule has 1 aliphatic heterocycles. The highest BCUT2D eigenvalue weighted by atomic mass is 19.3. The average Bonchev–Trinajstić information content (AvgIpc) is 2.92. The van der Waals surface area contributed by atoms with Crippen molar-refractivity contribution in [3.8, 4) is 11.5 Å². The summed E-state index contributed by atoms with van der Waals surface area (Å²) in [4.78, 5) is 5.07. The number of halogens is 2. The second kappa shape index (κ2) is 6.23. The third-order valence-corrected chi connectivity index (χ3v) is 3.13. The standard InChI is InChI=1S/C13H15F2NO5/c1-19-11-4-8(2-3-10(11)20-12(14)15)9-5-13(6-17,7-18)21-16-9/h2-4,12,17-18H,5-7H2,1H3. The molecule has 0 fully saturated rings. The lowest BCUT2D eigenvalue weighted by Crippen LogP contribution is -2.37. The highest BCUT2D eigenvalue weighted by Crippen LogP contribution is 2.32. The van der Waals surface area contributed by atoms with E-state index < -0.39 is 12.2 Å². The number of rotatable bonds is 6. The summed E-state index contributed by atoms with van der Waals surface area (Å²) in [6, 6.07) is 4.33. The Balaban J connectivity index is 2.22. The first-order valence-electron chi connectivity index (χ1n) is 6.13. The third kappa shape index (κ3) is 3.22. The predicted molar refractivity (Wildman–Crippen MR) is 68.8 cm³/mol. The summed E-state index contributed by atoms with van der Waals surface area (Å²) >= 11 is 0. The smallest absolute Gasteiger partial charge is 0.387 e. The Morgan fingerprint density at radius 2 is 2.05 bits per heavy atom. The van der Waals surface area contributed by atoms with Crippen molar-refractivity contribution in [1.29, 1.82) is 0 Å². The minimum atomic E-state index is -2.95. The van der Waals surface area contributed by atoms with Crippen molar-refractivity contribution in [3.63, 3.8) is 0 Å². The number of hydrogen-bond acceptors (Lipinski definition) is 6. The minimum Gasteiger partial charge on any atom is -0.493 e. The van der Waals surface area contributed by atoms with Gasteiger partial charge in [0.1, 0.15) is 0 Å². The van der Waals surface area contributed by atoms with Gasteiger partial charge in [-0.1, -0.05) is 5.16 Å². The molecule has 0 aromatic heterocycles. The lowest BCUT2D eigenvalue weighted by Gasteiger charge is -2.20. The Hall–Kier alpha value is -1.93. The monoisotopic (exact) mass is 303 g/mol. The van der Waals surface area contributed by atoms with Crippen LogP contribution in [0.4, 0.5) is 8.78 Å². The van der Waals surface area contributed by atoms with Crippen LogP contribution in [0, 0.1) is 0 Å². The van der Waals surface area contributed by atoms with Crippen LogP contribution in [0.15, 0.2) is 23.4 Å². The lowest BCUT2D eigenvalue weighted by molar-refractivity contribution is -0.0878. The van der Waals surface area contributed by atoms with E-state index >= 15 is 0 Å². The Labute approximate surface area is 119 Å². The van der Waals surface area contributed by atoms with Gasteiger partial charge in [-0.3, -0.25) is 0 Å². The SMILES string of the molecule is COc1cc(C2=NOC(CO)(CO)C2)ccc1OC(F)F. The van der Waals surface area contributed by atoms with Crippen LogP contribution in [-0.4, -0.2) is 48.5 Å². The molecule has 0 atom stereocenters. The van der Waals surface area contributed by atoms with Crippen LogP contribution in [-0.2, 0) is 4.84 Å². The summed E-state index contributed by atoms with van der Waals surface area (Å²) in [6.07, 6.45) is 0.193. The molecular weight excluding hydrogens is 288 g/mol. The molecule has 2 N–H and O–H groups in total. The van der Waals surface area contributed by atoms with Gasteiger partial charge in [-0.15, -0.1) is 0 Å². The van der Waals surface area contributed by atoms with Crippen LogP contribution >= 0.6 is 0 Å². The van der Waals surface area contributed by atoms with Gasteiger partial charge >= 0.3 is 6.61 Å². The van der Waals surface area contributed by atoms with Crippen molar-refractivity contribution < 1.29 is 33.3 Å². The topological polar surface area (TPSA) is 80.5 Å². The number of methoxy groups -OCH3 is 1. The molecule has 1 aromatic carbocycles. The van der Waals surface area contributed by atoms with Crippen LogP contribution in [0.1, 0.15) is 12.0 Å². The lowest BCUT2D eigenvalue weighted by atomic mass is 9.95. The van der Waals surface area contributed by atoms with Gasteiger partial charge in [-0.05, 0) is 18.2 Å². The fourth-order valence-corrected chi connectivity index (χ4v) is 1.94. The number of nitrogens with zero attached hydrogens (tertiary/aromatic N) is 1. The fraction of sp³-hybridized carbons (Fsp3) is 0.462. The molecule has 0 saturated carbocycles. The second-order valence-corrected chi connectivity index (χ2v) is 4.55. The molecule has 116 valence electrons. The van der Waals surface area contributed by atoms with E-state index in [0.717, 1.165) is 0 Å². The number of aliphatic hydroxyl groups is 2. The molecule has 1 aliphatic rings. The van der Waals surface area contributed by atoms with Gasteiger partial charge in [-0.2, -0.15) is 8.78 Å². The maximum atomic E-state index is 12.3. The zero-order valence-electron chi connectivity index (χ0n) is 11.3. The van der Waals surface area contributed by atoms with Crippen LogP contribution in [0.25, 0.3) is 0 Å². The van der Waals surface area contributed by atoms with Crippen molar-refractivity contribution in [3.05, 3.63) is 23.8 Å². The van der Waals surface area contributed by atoms with Gasteiger partial charge in [0.2, 0.25) is 0 Å². The molecule has 21 heavy (non-hydrogen) atoms. The largest absolute Gasteiger partial charge is 0.493 e. The van der Waals surface area contributed by atoms with E-state index in [-0.39, 0.29) is 31.1 Å². The Kier molecular flexibility index (Phi) is 4.59. The normalized spacial score (nSPS) is 16.6. The summed E-state index contributed by atoms with van der Waals surface area (Å²) in [5.41, 5.74) is -0.113. The summed E-state index contributed by atoms with van der Waals surface area (Å²) in [5.74, 6) is 0.0346. The molecule has 8 heteroatoms. The first kappa shape index (κ1) is 15.5. The summed E-state index contributed by atoms with van der Waals surface area (Å²) in [5, 5.41) is 22.3. The van der Waals surface area contributed by atoms with E-state index in [4.69, 9.17) is 9.57 Å². The van der Waals surface area contributed by atoms with Gasteiger partial charge < -0.3 is 24.5 Å². The number of alkyl halides is 2. The predicted octanol–water partition coefficient (Wildman–Crippen LogP) is 1.14. The molecule has 6 nitrogen and oxygen atoms in total. The second-order valence-electron chi connectivity index (χ2n) is 4.55. The maximum absolute atomic E-state index is 12.3. The molecule has 0 amide bonds. The molecular formula is C13H15F2NO5. The van der Waals surface area contributed by atoms with E-state index in [1.165, 1.54) is 25.3 Å². The fourth-order valence-electron chi connectivity index (χ4n) is 1.94. The van der Waals surface area contributed by atoms with Gasteiger partial charge in [0.15, 0.2) is 17.1 Å². The highest BCUT2D eigenvalue weighted by molar-refractivity contribution is 6.02. The molecule has 0 aliphatic carbocycles. The highest BCUT2D eigenvalue weighted by Gasteiger charge is 2.38. The minimum absolute atomic E-state index is 0.0913. The Morgan fingerprint density at radius 3 is 2.57 bits per heavy atom. The average molecular weight is 303 g/mol. The molecule has 0 bridgehead atoms. The molecule has 1 aromatic rings. The van der Waals surface area contributed by atoms with E-state index in [0.29, 0.717) is 11.3 Å². The number of hydrogen-bond donors (Lipinski definition) is 2. The molecule has 0 saturated heterocycles. The van der Waals surface area contributed by atoms with E-state index in [1.54, 1.807) is 0 Å². The molecule has 0 spiro atoms. The first-order valence-corrected chi connectivity index (χ1v) is 6.13. The Morgan fingerprint density at radius 1 is 1.33 bits per heavy atom. The number of benzene rings is 1. The van der Waals surface area contributed by atoms with Crippen molar-refractivity contribution in [2.75, 3.05) is 20.3 Å². The molecule has 2 rings (SSSR count). The zero-order valence-corrected chi connectivity index (χ0v) is 11.3. The summed E-state index contributed by atoms with van der Waals surface area (Å²) < 4.78 is 33.8. The van der Waals surface area contributed by atoms with Crippen LogP contribution in [0.3, 0.4) is 0 Å². The number of aliphatic hydroxyl groups excluding tert-OH is 2. The number of ether oxygens (including phenoxy) is 2. The summed E-state index contributed by atoms with van der Waals surface area (Å²) in [7, 11) is 1.33. The quantitative estimate of drug-likeness (QED) is 0.824. The Bertz CT molecular complexity index is 531. The third-order valence-electron chi connectivity index (χ3n) is 3.13. The van der Waals surface area contributed by atoms with Gasteiger partial charge in [-0.25, -0.2) is 0 Å². The van der Waals surface area contributed by atoms with E-state index in [9.17, 15) is 19.0 Å². The first-order chi connectivity index (χ1) is 10.0. The van der Waals surface area contributed by atoms with Crippen LogP contribution in [0.5, 0.6) is 11.5 Å². The summed E-state index contributed by atoms with van der Waals surface area (Å²) in [6.45, 7) is -3.73. The van der Waals surface area contributed by atoms with Crippen molar-refractivity contribution in [2.24, 2.45) is 5.16 Å². The van der Waals surface area contributed by atoms with Crippen molar-refractivity contribution in [2.45, 2.75) is 18.6 Å². The van der Waals surface area contributed by atoms with Gasteiger partial charge in [0, 0.05) is 12.0 Å².